The van der Waals surface area contributed by atoms with Crippen molar-refractivity contribution < 1.29 is 13.9 Å². The lowest BCUT2D eigenvalue weighted by atomic mass is 9.98. The van der Waals surface area contributed by atoms with Gasteiger partial charge in [0.2, 0.25) is 0 Å². The molecule has 1 aromatic heterocycles. The highest BCUT2D eigenvalue weighted by molar-refractivity contribution is 5.95. The smallest absolute Gasteiger partial charge is 0.254 e. The first-order chi connectivity index (χ1) is 11.6. The molecule has 2 aliphatic rings. The van der Waals surface area contributed by atoms with E-state index < -0.39 is 5.82 Å². The van der Waals surface area contributed by atoms with E-state index in [4.69, 9.17) is 4.74 Å². The van der Waals surface area contributed by atoms with Crippen LogP contribution in [0.25, 0.3) is 0 Å². The summed E-state index contributed by atoms with van der Waals surface area (Å²) in [6.07, 6.45) is 4.40. The molecule has 0 saturated carbocycles. The molecule has 1 fully saturated rings. The molecule has 0 radical (unpaired) electrons. The number of rotatable bonds is 2. The Morgan fingerprint density at radius 2 is 2.21 bits per heavy atom. The first-order valence-electron chi connectivity index (χ1n) is 8.07. The number of aryl methyl sites for hydroxylation is 1. The lowest BCUT2D eigenvalue weighted by Crippen LogP contribution is -2.42. The van der Waals surface area contributed by atoms with Gasteiger partial charge in [0.1, 0.15) is 5.82 Å². The highest BCUT2D eigenvalue weighted by atomic mass is 19.1. The van der Waals surface area contributed by atoms with Crippen molar-refractivity contribution in [3.8, 4) is 5.75 Å². The van der Waals surface area contributed by atoms with Crippen LogP contribution in [0.3, 0.4) is 0 Å². The third-order valence-corrected chi connectivity index (χ3v) is 4.94. The van der Waals surface area contributed by atoms with Crippen LogP contribution in [-0.2, 0) is 6.42 Å². The number of amides is 1. The van der Waals surface area contributed by atoms with Crippen LogP contribution in [0.1, 0.15) is 46.3 Å². The molecule has 2 unspecified atom stereocenters. The number of fused-ring (bicyclic) bond motifs is 4. The van der Waals surface area contributed by atoms with Crippen LogP contribution in [0.5, 0.6) is 5.75 Å². The maximum Gasteiger partial charge on any atom is 0.254 e. The number of hydrogen-bond acceptors (Lipinski definition) is 4. The molecule has 124 valence electrons. The number of ether oxygens (including phenoxy) is 1. The summed E-state index contributed by atoms with van der Waals surface area (Å²) in [6, 6.07) is 4.47. The lowest BCUT2D eigenvalue weighted by molar-refractivity contribution is 0.0643. The Hall–Kier alpha value is -2.50. The van der Waals surface area contributed by atoms with Crippen molar-refractivity contribution in [2.75, 3.05) is 7.11 Å². The third kappa shape index (κ3) is 2.25. The fourth-order valence-corrected chi connectivity index (χ4v) is 3.84. The van der Waals surface area contributed by atoms with Gasteiger partial charge in [-0.2, -0.15) is 0 Å². The number of carbonyl (C=O) groups is 1. The zero-order valence-electron chi connectivity index (χ0n) is 13.6. The van der Waals surface area contributed by atoms with E-state index in [0.29, 0.717) is 5.56 Å². The molecule has 2 aliphatic heterocycles. The molecule has 1 aromatic carbocycles. The second kappa shape index (κ2) is 5.54. The standard InChI is InChI=1S/C18H18FN3O2/c1-10-20-9-13-15(21-10)8-12-4-5-16(13)22(12)18(23)11-3-6-17(24-2)14(19)7-11/h3,6-7,9,12,16H,4-5,8H2,1-2H3. The molecule has 0 aliphatic carbocycles. The number of aromatic nitrogens is 2. The van der Waals surface area contributed by atoms with Gasteiger partial charge in [0, 0.05) is 29.8 Å². The van der Waals surface area contributed by atoms with Gasteiger partial charge in [-0.25, -0.2) is 14.4 Å². The Labute approximate surface area is 139 Å². The molecule has 24 heavy (non-hydrogen) atoms. The fraction of sp³-hybridized carbons (Fsp3) is 0.389. The summed E-state index contributed by atoms with van der Waals surface area (Å²) in [7, 11) is 1.41. The molecule has 5 nitrogen and oxygen atoms in total. The molecule has 6 heteroatoms. The van der Waals surface area contributed by atoms with Gasteiger partial charge in [-0.1, -0.05) is 0 Å². The Bertz CT molecular complexity index is 824. The summed E-state index contributed by atoms with van der Waals surface area (Å²) >= 11 is 0. The molecule has 2 aromatic rings. The highest BCUT2D eigenvalue weighted by Crippen LogP contribution is 2.43. The van der Waals surface area contributed by atoms with E-state index in [2.05, 4.69) is 9.97 Å². The van der Waals surface area contributed by atoms with Gasteiger partial charge in [-0.3, -0.25) is 4.79 Å². The number of methoxy groups -OCH3 is 1. The largest absolute Gasteiger partial charge is 0.494 e. The fourth-order valence-electron chi connectivity index (χ4n) is 3.84. The minimum Gasteiger partial charge on any atom is -0.494 e. The Morgan fingerprint density at radius 3 is 2.96 bits per heavy atom. The molecule has 0 N–H and O–H groups in total. The Balaban J connectivity index is 1.69. The Morgan fingerprint density at radius 1 is 1.38 bits per heavy atom. The zero-order valence-corrected chi connectivity index (χ0v) is 13.6. The average molecular weight is 327 g/mol. The van der Waals surface area contributed by atoms with Crippen molar-refractivity contribution in [3.63, 3.8) is 0 Å². The van der Waals surface area contributed by atoms with Crippen molar-refractivity contribution in [3.05, 3.63) is 52.9 Å². The molecular formula is C18H18FN3O2. The maximum atomic E-state index is 14.0. The minimum atomic E-state index is -0.521. The molecular weight excluding hydrogens is 309 g/mol. The molecule has 0 spiro atoms. The first-order valence-corrected chi connectivity index (χ1v) is 8.07. The van der Waals surface area contributed by atoms with Crippen LogP contribution < -0.4 is 4.74 Å². The van der Waals surface area contributed by atoms with Gasteiger partial charge in [-0.05, 0) is 38.0 Å². The predicted molar refractivity (Wildman–Crippen MR) is 85.4 cm³/mol. The van der Waals surface area contributed by atoms with Crippen LogP contribution in [0.15, 0.2) is 24.4 Å². The van der Waals surface area contributed by atoms with Crippen LogP contribution in [-0.4, -0.2) is 33.9 Å². The number of benzene rings is 1. The van der Waals surface area contributed by atoms with E-state index in [1.54, 1.807) is 6.07 Å². The van der Waals surface area contributed by atoms with E-state index >= 15 is 0 Å². The van der Waals surface area contributed by atoms with Crippen LogP contribution in [0.2, 0.25) is 0 Å². The number of nitrogens with zero attached hydrogens (tertiary/aromatic N) is 3. The lowest BCUT2D eigenvalue weighted by Gasteiger charge is -2.35. The van der Waals surface area contributed by atoms with Crippen molar-refractivity contribution in [2.45, 2.75) is 38.3 Å². The molecule has 4 rings (SSSR count). The van der Waals surface area contributed by atoms with Crippen LogP contribution >= 0.6 is 0 Å². The number of halogens is 1. The topological polar surface area (TPSA) is 55.3 Å². The summed E-state index contributed by atoms with van der Waals surface area (Å²) in [6.45, 7) is 1.87. The monoisotopic (exact) mass is 327 g/mol. The maximum absolute atomic E-state index is 14.0. The van der Waals surface area contributed by atoms with E-state index in [0.717, 1.165) is 36.3 Å². The quantitative estimate of drug-likeness (QED) is 0.851. The normalized spacial score (nSPS) is 21.5. The van der Waals surface area contributed by atoms with E-state index in [-0.39, 0.29) is 23.7 Å². The first kappa shape index (κ1) is 15.1. The van der Waals surface area contributed by atoms with Crippen molar-refractivity contribution in [2.24, 2.45) is 0 Å². The summed E-state index contributed by atoms with van der Waals surface area (Å²) in [5.74, 6) is 0.231. The molecule has 2 bridgehead atoms. The van der Waals surface area contributed by atoms with Crippen LogP contribution in [0.4, 0.5) is 4.39 Å². The second-order valence-electron chi connectivity index (χ2n) is 6.33. The SMILES string of the molecule is COc1ccc(C(=O)N2C3CCC2c2cnc(C)nc2C3)cc1F. The summed E-state index contributed by atoms with van der Waals surface area (Å²) in [4.78, 5) is 23.7. The molecule has 1 saturated heterocycles. The van der Waals surface area contributed by atoms with Gasteiger partial charge >= 0.3 is 0 Å². The van der Waals surface area contributed by atoms with Gasteiger partial charge in [0.15, 0.2) is 11.6 Å². The average Bonchev–Trinajstić information content (AvgIpc) is 2.89. The zero-order chi connectivity index (χ0) is 16.8. The van der Waals surface area contributed by atoms with Gasteiger partial charge in [0.25, 0.3) is 5.91 Å². The Kier molecular flexibility index (Phi) is 3.48. The van der Waals surface area contributed by atoms with E-state index in [9.17, 15) is 9.18 Å². The van der Waals surface area contributed by atoms with Crippen molar-refractivity contribution in [1.82, 2.24) is 14.9 Å². The van der Waals surface area contributed by atoms with Crippen LogP contribution in [0, 0.1) is 12.7 Å². The predicted octanol–water partition coefficient (Wildman–Crippen LogP) is 2.83. The van der Waals surface area contributed by atoms with E-state index in [1.807, 2.05) is 18.0 Å². The van der Waals surface area contributed by atoms with Gasteiger partial charge < -0.3 is 9.64 Å². The highest BCUT2D eigenvalue weighted by Gasteiger charge is 2.43. The summed E-state index contributed by atoms with van der Waals surface area (Å²) in [5.41, 5.74) is 2.42. The third-order valence-electron chi connectivity index (χ3n) is 4.94. The number of carbonyl (C=O) groups excluding carboxylic acids is 1. The minimum absolute atomic E-state index is 0.0167. The van der Waals surface area contributed by atoms with Crippen molar-refractivity contribution >= 4 is 5.91 Å². The van der Waals surface area contributed by atoms with Crippen molar-refractivity contribution in [1.29, 1.82) is 0 Å². The van der Waals surface area contributed by atoms with Gasteiger partial charge in [-0.15, -0.1) is 0 Å². The molecule has 1 amide bonds. The van der Waals surface area contributed by atoms with E-state index in [1.165, 1.54) is 19.2 Å². The van der Waals surface area contributed by atoms with Gasteiger partial charge in [0.05, 0.1) is 18.8 Å². The molecule has 2 atom stereocenters. The molecule has 3 heterocycles. The summed E-state index contributed by atoms with van der Waals surface area (Å²) < 4.78 is 18.9. The second-order valence-corrected chi connectivity index (χ2v) is 6.33. The number of hydrogen-bond donors (Lipinski definition) is 0. The summed E-state index contributed by atoms with van der Waals surface area (Å²) in [5, 5.41) is 0.